The smallest absolute Gasteiger partial charge is 0.273 e. The Morgan fingerprint density at radius 3 is 2.44 bits per heavy atom. The molecule has 0 aliphatic rings. The number of hydrogen-bond acceptors (Lipinski definition) is 6. The Balaban J connectivity index is 1.87. The molecule has 2 N–H and O–H groups in total. The summed E-state index contributed by atoms with van der Waals surface area (Å²) in [6, 6.07) is 20.3. The molecule has 0 aliphatic carbocycles. The Bertz CT molecular complexity index is 1230. The first-order valence-electron chi connectivity index (χ1n) is 9.61. The zero-order chi connectivity index (χ0) is 23.1. The van der Waals surface area contributed by atoms with E-state index in [9.17, 15) is 18.3 Å². The number of nitrogens with one attached hydrogen (secondary N) is 1. The van der Waals surface area contributed by atoms with Gasteiger partial charge in [-0.05, 0) is 29.8 Å². The lowest BCUT2D eigenvalue weighted by molar-refractivity contribution is 0.0955. The van der Waals surface area contributed by atoms with Gasteiger partial charge in [0.25, 0.3) is 5.91 Å². The number of para-hydroxylation sites is 2. The molecule has 3 aromatic carbocycles. The van der Waals surface area contributed by atoms with E-state index >= 15 is 0 Å². The normalized spacial score (nSPS) is 11.3. The fourth-order valence-corrected chi connectivity index (χ4v) is 3.94. The molecule has 0 aromatic heterocycles. The predicted octanol–water partition coefficient (Wildman–Crippen LogP) is 3.13. The molecule has 0 spiro atoms. The molecule has 0 unspecified atom stereocenters. The van der Waals surface area contributed by atoms with Crippen molar-refractivity contribution in [3.05, 3.63) is 89.5 Å². The van der Waals surface area contributed by atoms with Crippen LogP contribution in [0.1, 0.15) is 21.5 Å². The zero-order valence-electron chi connectivity index (χ0n) is 17.6. The van der Waals surface area contributed by atoms with E-state index in [1.165, 1.54) is 23.7 Å². The summed E-state index contributed by atoms with van der Waals surface area (Å²) >= 11 is 0. The van der Waals surface area contributed by atoms with Crippen LogP contribution in [0.4, 0.5) is 5.69 Å². The molecular weight excluding hydrogens is 430 g/mol. The van der Waals surface area contributed by atoms with E-state index in [1.807, 2.05) is 30.3 Å². The number of sulfonamides is 1. The fourth-order valence-electron chi connectivity index (χ4n) is 3.04. The number of hydrazone groups is 1. The topological polar surface area (TPSA) is 108 Å². The highest BCUT2D eigenvalue weighted by Gasteiger charge is 2.23. The first kappa shape index (κ1) is 22.8. The van der Waals surface area contributed by atoms with E-state index in [0.29, 0.717) is 5.56 Å². The van der Waals surface area contributed by atoms with Gasteiger partial charge in [0.2, 0.25) is 10.0 Å². The van der Waals surface area contributed by atoms with E-state index in [-0.39, 0.29) is 29.3 Å². The second-order valence-corrected chi connectivity index (χ2v) is 8.78. The summed E-state index contributed by atoms with van der Waals surface area (Å²) in [6.07, 6.45) is 2.37. The van der Waals surface area contributed by atoms with Crippen LogP contribution in [0.5, 0.6) is 11.5 Å². The van der Waals surface area contributed by atoms with Crippen molar-refractivity contribution >= 4 is 27.8 Å². The lowest BCUT2D eigenvalue weighted by Gasteiger charge is -2.24. The van der Waals surface area contributed by atoms with Crippen LogP contribution in [-0.2, 0) is 16.6 Å². The molecule has 0 bridgehead atoms. The third-order valence-electron chi connectivity index (χ3n) is 4.61. The van der Waals surface area contributed by atoms with Gasteiger partial charge in [0, 0.05) is 5.56 Å². The molecular formula is C23H23N3O5S. The second-order valence-electron chi connectivity index (χ2n) is 6.87. The van der Waals surface area contributed by atoms with E-state index in [2.05, 4.69) is 10.5 Å². The number of phenols is 1. The second kappa shape index (κ2) is 9.97. The van der Waals surface area contributed by atoms with Gasteiger partial charge in [-0.15, -0.1) is 0 Å². The molecule has 0 aliphatic heterocycles. The molecule has 9 heteroatoms. The van der Waals surface area contributed by atoms with Crippen molar-refractivity contribution < 1.29 is 23.1 Å². The molecule has 166 valence electrons. The quantitative estimate of drug-likeness (QED) is 0.402. The molecule has 1 amide bonds. The minimum Gasteiger partial charge on any atom is -0.504 e. The van der Waals surface area contributed by atoms with Crippen LogP contribution in [0.25, 0.3) is 0 Å². The average molecular weight is 454 g/mol. The molecule has 3 aromatic rings. The number of aromatic hydroxyl groups is 1. The maximum absolute atomic E-state index is 12.8. The average Bonchev–Trinajstić information content (AvgIpc) is 2.78. The van der Waals surface area contributed by atoms with Crippen LogP contribution in [-0.4, -0.2) is 39.0 Å². The Labute approximate surface area is 186 Å². The fraction of sp³-hybridized carbons (Fsp3) is 0.130. The van der Waals surface area contributed by atoms with Crippen LogP contribution in [0.3, 0.4) is 0 Å². The molecule has 3 rings (SSSR count). The van der Waals surface area contributed by atoms with Crippen LogP contribution in [0.2, 0.25) is 0 Å². The van der Waals surface area contributed by atoms with Gasteiger partial charge < -0.3 is 9.84 Å². The highest BCUT2D eigenvalue weighted by molar-refractivity contribution is 7.92. The SMILES string of the molecule is COc1cccc(/C=N\NC(=O)c2ccccc2N(Cc2ccccc2)S(C)(=O)=O)c1O. The Hall–Kier alpha value is -3.85. The monoisotopic (exact) mass is 453 g/mol. The predicted molar refractivity (Wildman–Crippen MR) is 124 cm³/mol. The first-order valence-corrected chi connectivity index (χ1v) is 11.5. The summed E-state index contributed by atoms with van der Waals surface area (Å²) in [5, 5.41) is 14.0. The van der Waals surface area contributed by atoms with Crippen LogP contribution >= 0.6 is 0 Å². The van der Waals surface area contributed by atoms with Crippen molar-refractivity contribution in [1.29, 1.82) is 0 Å². The summed E-state index contributed by atoms with van der Waals surface area (Å²) in [4.78, 5) is 12.8. The van der Waals surface area contributed by atoms with Gasteiger partial charge >= 0.3 is 0 Å². The van der Waals surface area contributed by atoms with Gasteiger partial charge in [-0.25, -0.2) is 13.8 Å². The van der Waals surface area contributed by atoms with Crippen molar-refractivity contribution in [2.75, 3.05) is 17.7 Å². The zero-order valence-corrected chi connectivity index (χ0v) is 18.4. The van der Waals surface area contributed by atoms with Gasteiger partial charge in [0.1, 0.15) is 0 Å². The lowest BCUT2D eigenvalue weighted by atomic mass is 10.1. The largest absolute Gasteiger partial charge is 0.504 e. The third kappa shape index (κ3) is 5.44. The minimum absolute atomic E-state index is 0.0743. The van der Waals surface area contributed by atoms with Crippen molar-refractivity contribution in [3.8, 4) is 11.5 Å². The van der Waals surface area contributed by atoms with E-state index in [1.54, 1.807) is 36.4 Å². The van der Waals surface area contributed by atoms with Crippen molar-refractivity contribution in [2.24, 2.45) is 5.10 Å². The minimum atomic E-state index is -3.68. The van der Waals surface area contributed by atoms with E-state index in [4.69, 9.17) is 4.74 Å². The maximum Gasteiger partial charge on any atom is 0.273 e. The third-order valence-corrected chi connectivity index (χ3v) is 5.73. The van der Waals surface area contributed by atoms with E-state index in [0.717, 1.165) is 11.8 Å². The number of amides is 1. The van der Waals surface area contributed by atoms with Crippen LogP contribution in [0, 0.1) is 0 Å². The number of carbonyl (C=O) groups excluding carboxylic acids is 1. The number of methoxy groups -OCH3 is 1. The van der Waals surface area contributed by atoms with E-state index < -0.39 is 15.9 Å². The summed E-state index contributed by atoms with van der Waals surface area (Å²) in [6.45, 7) is 0.0743. The van der Waals surface area contributed by atoms with Gasteiger partial charge in [0.05, 0.1) is 37.4 Å². The number of anilines is 1. The van der Waals surface area contributed by atoms with Crippen molar-refractivity contribution in [1.82, 2.24) is 5.43 Å². The lowest BCUT2D eigenvalue weighted by Crippen LogP contribution is -2.32. The van der Waals surface area contributed by atoms with Gasteiger partial charge in [0.15, 0.2) is 11.5 Å². The maximum atomic E-state index is 12.8. The Morgan fingerprint density at radius 2 is 1.75 bits per heavy atom. The molecule has 0 saturated heterocycles. The van der Waals surface area contributed by atoms with Crippen molar-refractivity contribution in [3.63, 3.8) is 0 Å². The van der Waals surface area contributed by atoms with Gasteiger partial charge in [-0.3, -0.25) is 9.10 Å². The highest BCUT2D eigenvalue weighted by Crippen LogP contribution is 2.28. The molecule has 32 heavy (non-hydrogen) atoms. The number of benzene rings is 3. The number of rotatable bonds is 8. The standard InChI is InChI=1S/C23H23N3O5S/c1-31-21-14-8-11-18(22(21)27)15-24-25-23(28)19-12-6-7-13-20(19)26(32(2,29)30)16-17-9-4-3-5-10-17/h3-15,27H,16H2,1-2H3,(H,25,28)/b24-15-. The van der Waals surface area contributed by atoms with Gasteiger partial charge in [-0.1, -0.05) is 48.5 Å². The number of ether oxygens (including phenoxy) is 1. The summed E-state index contributed by atoms with van der Waals surface area (Å²) < 4.78 is 31.3. The first-order chi connectivity index (χ1) is 15.3. The van der Waals surface area contributed by atoms with Crippen LogP contribution in [0.15, 0.2) is 77.9 Å². The number of hydrogen-bond donors (Lipinski definition) is 2. The van der Waals surface area contributed by atoms with Gasteiger partial charge in [-0.2, -0.15) is 5.10 Å². The summed E-state index contributed by atoms with van der Waals surface area (Å²) in [5.74, 6) is -0.434. The molecule has 0 saturated carbocycles. The molecule has 0 atom stereocenters. The molecule has 0 heterocycles. The summed E-state index contributed by atoms with van der Waals surface area (Å²) in [7, 11) is -2.25. The summed E-state index contributed by atoms with van der Waals surface area (Å²) in [5.41, 5.74) is 3.88. The van der Waals surface area contributed by atoms with Crippen LogP contribution < -0.4 is 14.5 Å². The molecule has 0 radical (unpaired) electrons. The van der Waals surface area contributed by atoms with Crippen molar-refractivity contribution in [2.45, 2.75) is 6.54 Å². The molecule has 0 fully saturated rings. The Kier molecular flexibility index (Phi) is 7.11. The number of carbonyl (C=O) groups is 1. The number of phenolic OH excluding ortho intramolecular Hbond substituents is 1. The number of nitrogens with zero attached hydrogens (tertiary/aromatic N) is 2. The Morgan fingerprint density at radius 1 is 1.06 bits per heavy atom. The highest BCUT2D eigenvalue weighted by atomic mass is 32.2. The molecule has 8 nitrogen and oxygen atoms in total.